The minimum absolute atomic E-state index is 0.728. The Hall–Kier alpha value is -1.39. The predicted octanol–water partition coefficient (Wildman–Crippen LogP) is 2.67. The lowest BCUT2D eigenvalue weighted by Crippen LogP contribution is -2.11. The monoisotopic (exact) mass is 222 g/mol. The van der Waals surface area contributed by atoms with Crippen molar-refractivity contribution >= 4 is 27.4 Å². The van der Waals surface area contributed by atoms with Crippen molar-refractivity contribution in [1.82, 2.24) is 0 Å². The van der Waals surface area contributed by atoms with E-state index >= 15 is 0 Å². The zero-order chi connectivity index (χ0) is 10.8. The molecule has 0 saturated heterocycles. The number of hydrogen-bond acceptors (Lipinski definition) is 3. The van der Waals surface area contributed by atoms with Gasteiger partial charge in [0.2, 0.25) is 0 Å². The molecule has 0 fully saturated rings. The van der Waals surface area contributed by atoms with Crippen LogP contribution in [-0.4, -0.2) is 18.2 Å². The summed E-state index contributed by atoms with van der Waals surface area (Å²) in [5.41, 5.74) is 0. The van der Waals surface area contributed by atoms with Crippen molar-refractivity contribution in [2.24, 2.45) is 0 Å². The Balaban J connectivity index is 2.47. The molecule has 4 heteroatoms. The molecule has 0 unspecified atom stereocenters. The van der Waals surface area contributed by atoms with Crippen LogP contribution in [0.5, 0.6) is 0 Å². The van der Waals surface area contributed by atoms with Gasteiger partial charge in [-0.15, -0.1) is 11.3 Å². The van der Waals surface area contributed by atoms with E-state index in [4.69, 9.17) is 9.84 Å². The molecule has 1 atom stereocenters. The first kappa shape index (κ1) is 10.1. The van der Waals surface area contributed by atoms with Crippen molar-refractivity contribution in [3.8, 4) is 0 Å². The molecule has 1 heterocycles. The van der Waals surface area contributed by atoms with E-state index < -0.39 is 12.1 Å². The van der Waals surface area contributed by atoms with Crippen LogP contribution in [0.4, 0.5) is 0 Å². The highest BCUT2D eigenvalue weighted by molar-refractivity contribution is 7.19. The van der Waals surface area contributed by atoms with Gasteiger partial charge < -0.3 is 9.84 Å². The lowest BCUT2D eigenvalue weighted by atomic mass is 10.2. The van der Waals surface area contributed by atoms with E-state index in [1.807, 2.05) is 30.3 Å². The lowest BCUT2D eigenvalue weighted by Gasteiger charge is -2.06. The number of methoxy groups -OCH3 is 1. The number of thiophene rings is 1. The number of rotatable bonds is 3. The van der Waals surface area contributed by atoms with Gasteiger partial charge in [-0.25, -0.2) is 4.79 Å². The van der Waals surface area contributed by atoms with Crippen LogP contribution in [0.2, 0.25) is 0 Å². The van der Waals surface area contributed by atoms with Crippen molar-refractivity contribution in [3.05, 3.63) is 35.2 Å². The van der Waals surface area contributed by atoms with E-state index in [0.717, 1.165) is 15.0 Å². The van der Waals surface area contributed by atoms with Gasteiger partial charge in [-0.3, -0.25) is 0 Å². The van der Waals surface area contributed by atoms with Gasteiger partial charge in [0.25, 0.3) is 0 Å². The second-order valence-electron chi connectivity index (χ2n) is 3.14. The van der Waals surface area contributed by atoms with E-state index in [0.29, 0.717) is 0 Å². The topological polar surface area (TPSA) is 46.5 Å². The molecule has 15 heavy (non-hydrogen) atoms. The smallest absolute Gasteiger partial charge is 0.338 e. The Labute approximate surface area is 90.9 Å². The Morgan fingerprint density at radius 2 is 2.20 bits per heavy atom. The van der Waals surface area contributed by atoms with Crippen molar-refractivity contribution in [3.63, 3.8) is 0 Å². The van der Waals surface area contributed by atoms with Crippen LogP contribution in [0.15, 0.2) is 30.3 Å². The minimum Gasteiger partial charge on any atom is -0.479 e. The molecule has 2 rings (SSSR count). The number of benzene rings is 1. The van der Waals surface area contributed by atoms with E-state index in [9.17, 15) is 4.79 Å². The number of carboxylic acid groups (broad SMARTS) is 1. The van der Waals surface area contributed by atoms with E-state index in [1.54, 1.807) is 0 Å². The van der Waals surface area contributed by atoms with Gasteiger partial charge in [0.15, 0.2) is 6.10 Å². The summed E-state index contributed by atoms with van der Waals surface area (Å²) in [6.07, 6.45) is -0.859. The number of carboxylic acids is 1. The fourth-order valence-electron chi connectivity index (χ4n) is 1.47. The first-order valence-corrected chi connectivity index (χ1v) is 5.28. The van der Waals surface area contributed by atoms with Crippen LogP contribution < -0.4 is 0 Å². The molecule has 1 aromatic carbocycles. The second kappa shape index (κ2) is 4.00. The fraction of sp³-hybridized carbons (Fsp3) is 0.182. The van der Waals surface area contributed by atoms with E-state index in [-0.39, 0.29) is 0 Å². The molecule has 1 N–H and O–H groups in total. The SMILES string of the molecule is CO[C@H](C(=O)O)c1cc2ccccc2s1. The molecule has 0 aliphatic heterocycles. The molecule has 0 aliphatic carbocycles. The van der Waals surface area contributed by atoms with Gasteiger partial charge in [0, 0.05) is 16.7 Å². The standard InChI is InChI=1S/C11H10O3S/c1-14-10(11(12)13)9-6-7-4-2-3-5-8(7)15-9/h2-6,10H,1H3,(H,12,13)/t10-/m0/s1. The summed E-state index contributed by atoms with van der Waals surface area (Å²) < 4.78 is 6.02. The summed E-state index contributed by atoms with van der Waals surface area (Å²) in [7, 11) is 1.41. The highest BCUT2D eigenvalue weighted by Gasteiger charge is 2.20. The number of ether oxygens (including phenoxy) is 1. The Bertz CT molecular complexity index is 456. The molecule has 78 valence electrons. The van der Waals surface area contributed by atoms with Crippen LogP contribution in [0, 0.1) is 0 Å². The third-order valence-corrected chi connectivity index (χ3v) is 3.32. The molecule has 1 aromatic heterocycles. The minimum atomic E-state index is -0.955. The number of fused-ring (bicyclic) bond motifs is 1. The van der Waals surface area contributed by atoms with Crippen molar-refractivity contribution < 1.29 is 14.6 Å². The predicted molar refractivity (Wildman–Crippen MR) is 59.2 cm³/mol. The Morgan fingerprint density at radius 1 is 1.47 bits per heavy atom. The van der Waals surface area contributed by atoms with Crippen LogP contribution in [0.1, 0.15) is 11.0 Å². The summed E-state index contributed by atoms with van der Waals surface area (Å²) >= 11 is 1.45. The zero-order valence-electron chi connectivity index (χ0n) is 8.14. The maximum atomic E-state index is 10.9. The van der Waals surface area contributed by atoms with Crippen molar-refractivity contribution in [2.75, 3.05) is 7.11 Å². The van der Waals surface area contributed by atoms with Crippen LogP contribution in [0.3, 0.4) is 0 Å². The van der Waals surface area contributed by atoms with E-state index in [1.165, 1.54) is 18.4 Å². The zero-order valence-corrected chi connectivity index (χ0v) is 8.95. The van der Waals surface area contributed by atoms with Gasteiger partial charge in [-0.05, 0) is 17.5 Å². The third kappa shape index (κ3) is 1.86. The van der Waals surface area contributed by atoms with Crippen LogP contribution in [0.25, 0.3) is 10.1 Å². The highest BCUT2D eigenvalue weighted by Crippen LogP contribution is 2.31. The normalized spacial score (nSPS) is 12.9. The summed E-state index contributed by atoms with van der Waals surface area (Å²) in [6.45, 7) is 0. The van der Waals surface area contributed by atoms with Crippen LogP contribution >= 0.6 is 11.3 Å². The molecule has 0 amide bonds. The van der Waals surface area contributed by atoms with E-state index in [2.05, 4.69) is 0 Å². The average molecular weight is 222 g/mol. The van der Waals surface area contributed by atoms with Crippen molar-refractivity contribution in [1.29, 1.82) is 0 Å². The molecule has 0 saturated carbocycles. The van der Waals surface area contributed by atoms with Gasteiger partial charge in [0.1, 0.15) is 0 Å². The summed E-state index contributed by atoms with van der Waals surface area (Å²) in [4.78, 5) is 11.6. The first-order chi connectivity index (χ1) is 7.22. The third-order valence-electron chi connectivity index (χ3n) is 2.16. The van der Waals surface area contributed by atoms with Gasteiger partial charge in [-0.1, -0.05) is 18.2 Å². The fourth-order valence-corrected chi connectivity index (χ4v) is 2.61. The summed E-state index contributed by atoms with van der Waals surface area (Å²) in [5.74, 6) is -0.955. The molecule has 0 spiro atoms. The largest absolute Gasteiger partial charge is 0.479 e. The molecular formula is C11H10O3S. The Morgan fingerprint density at radius 3 is 2.80 bits per heavy atom. The molecule has 0 aliphatic rings. The lowest BCUT2D eigenvalue weighted by molar-refractivity contribution is -0.148. The molecule has 2 aromatic rings. The number of aliphatic carboxylic acids is 1. The number of carbonyl (C=O) groups is 1. The quantitative estimate of drug-likeness (QED) is 0.868. The number of hydrogen-bond donors (Lipinski definition) is 1. The molecule has 0 bridgehead atoms. The summed E-state index contributed by atoms with van der Waals surface area (Å²) in [6, 6.07) is 9.66. The van der Waals surface area contributed by atoms with Crippen LogP contribution in [-0.2, 0) is 9.53 Å². The van der Waals surface area contributed by atoms with Crippen molar-refractivity contribution in [2.45, 2.75) is 6.10 Å². The summed E-state index contributed by atoms with van der Waals surface area (Å²) in [5, 5.41) is 9.99. The first-order valence-electron chi connectivity index (χ1n) is 4.46. The molecular weight excluding hydrogens is 212 g/mol. The molecule has 0 radical (unpaired) electrons. The van der Waals surface area contributed by atoms with Gasteiger partial charge >= 0.3 is 5.97 Å². The molecule has 3 nitrogen and oxygen atoms in total. The maximum Gasteiger partial charge on any atom is 0.338 e. The Kier molecular flexibility index (Phi) is 2.70. The average Bonchev–Trinajstić information content (AvgIpc) is 2.61. The maximum absolute atomic E-state index is 10.9. The van der Waals surface area contributed by atoms with Gasteiger partial charge in [0.05, 0.1) is 0 Å². The second-order valence-corrected chi connectivity index (χ2v) is 4.26. The highest BCUT2D eigenvalue weighted by atomic mass is 32.1. The van der Waals surface area contributed by atoms with Gasteiger partial charge in [-0.2, -0.15) is 0 Å².